The average Bonchev–Trinajstić information content (AvgIpc) is 2.44. The summed E-state index contributed by atoms with van der Waals surface area (Å²) in [5, 5.41) is 3.81. The van der Waals surface area contributed by atoms with E-state index in [-0.39, 0.29) is 0 Å². The lowest BCUT2D eigenvalue weighted by molar-refractivity contribution is -0.0324. The van der Waals surface area contributed by atoms with E-state index in [2.05, 4.69) is 31.0 Å². The Bertz CT molecular complexity index is 314. The van der Waals surface area contributed by atoms with Crippen LogP contribution in [0.1, 0.15) is 85.0 Å². The van der Waals surface area contributed by atoms with Crippen molar-refractivity contribution in [2.45, 2.75) is 109 Å². The first kappa shape index (κ1) is 15.8. The molecule has 1 saturated carbocycles. The van der Waals surface area contributed by atoms with Crippen LogP contribution in [-0.4, -0.2) is 35.6 Å². The van der Waals surface area contributed by atoms with Crippen molar-refractivity contribution in [1.82, 2.24) is 10.2 Å². The highest BCUT2D eigenvalue weighted by atomic mass is 15.2. The van der Waals surface area contributed by atoms with E-state index in [4.69, 9.17) is 0 Å². The lowest BCUT2D eigenvalue weighted by atomic mass is 9.72. The SMILES string of the molecule is CCCNC1CC2CCCC(C1)N2C1CCC(C)(C)CC1. The van der Waals surface area contributed by atoms with Gasteiger partial charge in [0.1, 0.15) is 0 Å². The molecule has 0 spiro atoms. The van der Waals surface area contributed by atoms with Gasteiger partial charge in [-0.05, 0) is 69.7 Å². The molecule has 0 aromatic rings. The molecule has 0 aromatic heterocycles. The van der Waals surface area contributed by atoms with Gasteiger partial charge >= 0.3 is 0 Å². The zero-order chi connectivity index (χ0) is 14.9. The van der Waals surface area contributed by atoms with E-state index in [1.807, 2.05) is 0 Å². The van der Waals surface area contributed by atoms with Crippen LogP contribution in [0.25, 0.3) is 0 Å². The van der Waals surface area contributed by atoms with E-state index in [0.717, 1.165) is 24.2 Å². The van der Waals surface area contributed by atoms with Crippen molar-refractivity contribution in [1.29, 1.82) is 0 Å². The first-order chi connectivity index (χ1) is 10.1. The minimum absolute atomic E-state index is 0.604. The lowest BCUT2D eigenvalue weighted by Crippen LogP contribution is -2.60. The zero-order valence-corrected chi connectivity index (χ0v) is 14.5. The van der Waals surface area contributed by atoms with Crippen LogP contribution in [0.15, 0.2) is 0 Å². The molecule has 3 aliphatic rings. The molecular formula is C19H36N2. The van der Waals surface area contributed by atoms with Gasteiger partial charge in [-0.15, -0.1) is 0 Å². The number of nitrogens with zero attached hydrogens (tertiary/aromatic N) is 1. The molecule has 122 valence electrons. The van der Waals surface area contributed by atoms with Crippen molar-refractivity contribution in [2.75, 3.05) is 6.54 Å². The lowest BCUT2D eigenvalue weighted by Gasteiger charge is -2.54. The second kappa shape index (κ2) is 6.58. The van der Waals surface area contributed by atoms with Gasteiger partial charge in [-0.1, -0.05) is 27.2 Å². The van der Waals surface area contributed by atoms with Crippen LogP contribution in [0, 0.1) is 5.41 Å². The number of hydrogen-bond donors (Lipinski definition) is 1. The van der Waals surface area contributed by atoms with Crippen LogP contribution in [-0.2, 0) is 0 Å². The summed E-state index contributed by atoms with van der Waals surface area (Å²) in [6.45, 7) is 8.42. The highest BCUT2D eigenvalue weighted by molar-refractivity contribution is 4.99. The monoisotopic (exact) mass is 292 g/mol. The van der Waals surface area contributed by atoms with E-state index in [0.29, 0.717) is 5.41 Å². The van der Waals surface area contributed by atoms with Crippen molar-refractivity contribution < 1.29 is 0 Å². The quantitative estimate of drug-likeness (QED) is 0.829. The second-order valence-corrected chi connectivity index (χ2v) is 8.70. The fraction of sp³-hybridized carbons (Fsp3) is 1.00. The van der Waals surface area contributed by atoms with Crippen molar-refractivity contribution in [2.24, 2.45) is 5.41 Å². The van der Waals surface area contributed by atoms with Crippen LogP contribution in [0.2, 0.25) is 0 Å². The predicted molar refractivity (Wildman–Crippen MR) is 90.6 cm³/mol. The van der Waals surface area contributed by atoms with Gasteiger partial charge in [0.25, 0.3) is 0 Å². The molecule has 1 aliphatic carbocycles. The van der Waals surface area contributed by atoms with E-state index in [9.17, 15) is 0 Å². The maximum absolute atomic E-state index is 3.81. The first-order valence-corrected chi connectivity index (χ1v) is 9.60. The molecule has 3 fully saturated rings. The topological polar surface area (TPSA) is 15.3 Å². The summed E-state index contributed by atoms with van der Waals surface area (Å²) < 4.78 is 0. The largest absolute Gasteiger partial charge is 0.314 e. The summed E-state index contributed by atoms with van der Waals surface area (Å²) >= 11 is 0. The number of rotatable bonds is 4. The summed E-state index contributed by atoms with van der Waals surface area (Å²) in [4.78, 5) is 3.00. The van der Waals surface area contributed by atoms with Crippen LogP contribution < -0.4 is 5.32 Å². The van der Waals surface area contributed by atoms with E-state index < -0.39 is 0 Å². The van der Waals surface area contributed by atoms with Gasteiger partial charge in [-0.25, -0.2) is 0 Å². The summed E-state index contributed by atoms with van der Waals surface area (Å²) in [6, 6.07) is 3.48. The van der Waals surface area contributed by atoms with E-state index in [1.54, 1.807) is 0 Å². The van der Waals surface area contributed by atoms with Crippen LogP contribution in [0.5, 0.6) is 0 Å². The average molecular weight is 293 g/mol. The Hall–Kier alpha value is -0.0800. The molecular weight excluding hydrogens is 256 g/mol. The summed E-state index contributed by atoms with van der Waals surface area (Å²) in [6.07, 6.45) is 14.3. The fourth-order valence-electron chi connectivity index (χ4n) is 5.21. The van der Waals surface area contributed by atoms with E-state index >= 15 is 0 Å². The molecule has 2 nitrogen and oxygen atoms in total. The van der Waals surface area contributed by atoms with Crippen molar-refractivity contribution >= 4 is 0 Å². The van der Waals surface area contributed by atoms with Gasteiger partial charge in [-0.2, -0.15) is 0 Å². The summed E-state index contributed by atoms with van der Waals surface area (Å²) in [5.74, 6) is 0. The summed E-state index contributed by atoms with van der Waals surface area (Å²) in [7, 11) is 0. The Labute approximate surface area is 132 Å². The molecule has 3 rings (SSSR count). The zero-order valence-electron chi connectivity index (χ0n) is 14.5. The Kier molecular flexibility index (Phi) is 4.95. The Morgan fingerprint density at radius 2 is 1.57 bits per heavy atom. The van der Waals surface area contributed by atoms with Crippen molar-refractivity contribution in [3.63, 3.8) is 0 Å². The molecule has 0 amide bonds. The normalized spacial score (nSPS) is 37.6. The Balaban J connectivity index is 1.61. The van der Waals surface area contributed by atoms with Crippen molar-refractivity contribution in [3.05, 3.63) is 0 Å². The third-order valence-electron chi connectivity index (χ3n) is 6.44. The second-order valence-electron chi connectivity index (χ2n) is 8.70. The van der Waals surface area contributed by atoms with Gasteiger partial charge in [0, 0.05) is 24.2 Å². The minimum Gasteiger partial charge on any atom is -0.314 e. The molecule has 2 bridgehead atoms. The molecule has 0 aromatic carbocycles. The standard InChI is InChI=1S/C19H36N2/c1-4-12-20-15-13-17-6-5-7-18(14-15)21(17)16-8-10-19(2,3)11-9-16/h15-18,20H,4-14H2,1-3H3. The molecule has 1 N–H and O–H groups in total. The van der Waals surface area contributed by atoms with Gasteiger partial charge in [-0.3, -0.25) is 4.90 Å². The number of hydrogen-bond acceptors (Lipinski definition) is 2. The van der Waals surface area contributed by atoms with Gasteiger partial charge in [0.15, 0.2) is 0 Å². The van der Waals surface area contributed by atoms with Gasteiger partial charge in [0.05, 0.1) is 0 Å². The maximum atomic E-state index is 3.81. The highest BCUT2D eigenvalue weighted by Gasteiger charge is 2.42. The molecule has 2 heterocycles. The molecule has 21 heavy (non-hydrogen) atoms. The third kappa shape index (κ3) is 3.64. The molecule has 2 atom stereocenters. The van der Waals surface area contributed by atoms with Crippen LogP contribution in [0.3, 0.4) is 0 Å². The van der Waals surface area contributed by atoms with Crippen LogP contribution in [0.4, 0.5) is 0 Å². The Morgan fingerprint density at radius 3 is 2.14 bits per heavy atom. The first-order valence-electron chi connectivity index (χ1n) is 9.60. The summed E-state index contributed by atoms with van der Waals surface area (Å²) in [5.41, 5.74) is 0.604. The number of fused-ring (bicyclic) bond motifs is 2. The fourth-order valence-corrected chi connectivity index (χ4v) is 5.21. The third-order valence-corrected chi connectivity index (χ3v) is 6.44. The number of nitrogens with one attached hydrogen (secondary N) is 1. The minimum atomic E-state index is 0.604. The van der Waals surface area contributed by atoms with Gasteiger partial charge < -0.3 is 5.32 Å². The highest BCUT2D eigenvalue weighted by Crippen LogP contribution is 2.43. The predicted octanol–water partition coefficient (Wildman–Crippen LogP) is 4.34. The van der Waals surface area contributed by atoms with E-state index in [1.165, 1.54) is 70.8 Å². The number of piperidine rings is 2. The molecule has 2 saturated heterocycles. The molecule has 0 radical (unpaired) electrons. The van der Waals surface area contributed by atoms with Crippen LogP contribution >= 0.6 is 0 Å². The van der Waals surface area contributed by atoms with Gasteiger partial charge in [0.2, 0.25) is 0 Å². The molecule has 2 heteroatoms. The molecule has 2 unspecified atom stereocenters. The smallest absolute Gasteiger partial charge is 0.0116 e. The Morgan fingerprint density at radius 1 is 0.952 bits per heavy atom. The maximum Gasteiger partial charge on any atom is 0.0116 e. The van der Waals surface area contributed by atoms with Crippen molar-refractivity contribution in [3.8, 4) is 0 Å². The molecule has 2 aliphatic heterocycles.